The van der Waals surface area contributed by atoms with Gasteiger partial charge >= 0.3 is 6.18 Å². The summed E-state index contributed by atoms with van der Waals surface area (Å²) in [5, 5.41) is 6.39. The lowest BCUT2D eigenvalue weighted by Gasteiger charge is -2.19. The Labute approximate surface area is 137 Å². The molecular formula is C16H18F3N5. The maximum absolute atomic E-state index is 13.0. The second kappa shape index (κ2) is 5.94. The number of alkyl halides is 3. The van der Waals surface area contributed by atoms with Crippen LogP contribution in [0.5, 0.6) is 0 Å². The van der Waals surface area contributed by atoms with Crippen LogP contribution < -0.4 is 16.4 Å². The number of anilines is 2. The van der Waals surface area contributed by atoms with E-state index in [1.165, 1.54) is 0 Å². The lowest BCUT2D eigenvalue weighted by molar-refractivity contribution is -0.137. The zero-order valence-corrected chi connectivity index (χ0v) is 13.3. The van der Waals surface area contributed by atoms with Crippen LogP contribution in [0.25, 0.3) is 0 Å². The van der Waals surface area contributed by atoms with Crippen LogP contribution >= 0.6 is 0 Å². The minimum atomic E-state index is -4.43. The van der Waals surface area contributed by atoms with E-state index in [4.69, 9.17) is 5.73 Å². The van der Waals surface area contributed by atoms with Crippen LogP contribution in [0.3, 0.4) is 0 Å². The number of aromatic nitrogens is 2. The summed E-state index contributed by atoms with van der Waals surface area (Å²) in [6.45, 7) is 4.87. The van der Waals surface area contributed by atoms with Crippen LogP contribution in [-0.2, 0) is 19.3 Å². The van der Waals surface area contributed by atoms with E-state index in [1.807, 2.05) is 0 Å². The molecule has 0 aliphatic carbocycles. The van der Waals surface area contributed by atoms with E-state index in [9.17, 15) is 13.2 Å². The van der Waals surface area contributed by atoms with E-state index in [1.54, 1.807) is 19.9 Å². The summed E-state index contributed by atoms with van der Waals surface area (Å²) in [5.74, 6) is 1.27. The predicted octanol–water partition coefficient (Wildman–Crippen LogP) is 3.16. The molecule has 0 bridgehead atoms. The number of hydrogen-bond acceptors (Lipinski definition) is 5. The molecule has 1 aliphatic rings. The second-order valence-electron chi connectivity index (χ2n) is 5.90. The van der Waals surface area contributed by atoms with Gasteiger partial charge in [0.1, 0.15) is 11.6 Å². The van der Waals surface area contributed by atoms with Crippen molar-refractivity contribution in [3.05, 3.63) is 46.4 Å². The topological polar surface area (TPSA) is 75.9 Å². The molecule has 1 aliphatic heterocycles. The molecule has 3 rings (SSSR count). The third-order valence-corrected chi connectivity index (χ3v) is 3.96. The summed E-state index contributed by atoms with van der Waals surface area (Å²) < 4.78 is 38.9. The lowest BCUT2D eigenvalue weighted by Crippen LogP contribution is -2.14. The van der Waals surface area contributed by atoms with Gasteiger partial charge in [0, 0.05) is 24.3 Å². The van der Waals surface area contributed by atoms with E-state index in [-0.39, 0.29) is 11.7 Å². The molecule has 2 aromatic rings. The Bertz CT molecular complexity index is 773. The van der Waals surface area contributed by atoms with Gasteiger partial charge in [-0.15, -0.1) is 0 Å². The van der Waals surface area contributed by atoms with Gasteiger partial charge in [-0.2, -0.15) is 13.2 Å². The van der Waals surface area contributed by atoms with Gasteiger partial charge in [-0.05, 0) is 37.6 Å². The smallest absolute Gasteiger partial charge is 0.399 e. The van der Waals surface area contributed by atoms with Gasteiger partial charge in [0.25, 0.3) is 0 Å². The van der Waals surface area contributed by atoms with Gasteiger partial charge in [-0.3, -0.25) is 0 Å². The molecule has 0 radical (unpaired) electrons. The van der Waals surface area contributed by atoms with Crippen molar-refractivity contribution in [3.8, 4) is 0 Å². The van der Waals surface area contributed by atoms with Gasteiger partial charge < -0.3 is 16.4 Å². The minimum Gasteiger partial charge on any atom is -0.399 e. The van der Waals surface area contributed by atoms with Crippen LogP contribution in [0.2, 0.25) is 0 Å². The van der Waals surface area contributed by atoms with Gasteiger partial charge in [-0.1, -0.05) is 0 Å². The van der Waals surface area contributed by atoms with Gasteiger partial charge in [-0.25, -0.2) is 9.97 Å². The molecule has 0 fully saturated rings. The van der Waals surface area contributed by atoms with Gasteiger partial charge in [0.05, 0.1) is 17.3 Å². The maximum atomic E-state index is 13.0. The van der Waals surface area contributed by atoms with Crippen molar-refractivity contribution >= 4 is 11.5 Å². The molecule has 0 saturated carbocycles. The van der Waals surface area contributed by atoms with E-state index in [0.717, 1.165) is 23.4 Å². The monoisotopic (exact) mass is 337 g/mol. The van der Waals surface area contributed by atoms with E-state index < -0.39 is 11.7 Å². The molecule has 1 atom stereocenters. The van der Waals surface area contributed by atoms with Gasteiger partial charge in [0.2, 0.25) is 0 Å². The van der Waals surface area contributed by atoms with E-state index in [2.05, 4.69) is 20.6 Å². The van der Waals surface area contributed by atoms with Crippen LogP contribution in [0.4, 0.5) is 24.7 Å². The first-order valence-corrected chi connectivity index (χ1v) is 7.55. The fraction of sp³-hybridized carbons (Fsp3) is 0.375. The standard InChI is InChI=1S/C16H18F3N5/c1-8(10-3-11(16(17,18)19)5-12(20)4-10)22-15-13-6-21-7-14(13)23-9(2)24-15/h3-5,8,21H,6-7,20H2,1-2H3,(H,22,23,24). The molecule has 4 N–H and O–H groups in total. The van der Waals surface area contributed by atoms with Crippen molar-refractivity contribution < 1.29 is 13.2 Å². The van der Waals surface area contributed by atoms with E-state index >= 15 is 0 Å². The van der Waals surface area contributed by atoms with Crippen molar-refractivity contribution in [2.75, 3.05) is 11.1 Å². The average Bonchev–Trinajstić information content (AvgIpc) is 2.93. The number of nitrogen functional groups attached to an aromatic ring is 1. The molecule has 8 heteroatoms. The first-order valence-electron chi connectivity index (χ1n) is 7.55. The Kier molecular flexibility index (Phi) is 4.08. The first kappa shape index (κ1) is 16.5. The number of nitrogens with one attached hydrogen (secondary N) is 2. The SMILES string of the molecule is Cc1nc2c(c(NC(C)c3cc(N)cc(C(F)(F)F)c3)n1)CNC2. The summed E-state index contributed by atoms with van der Waals surface area (Å²) in [4.78, 5) is 8.76. The fourth-order valence-corrected chi connectivity index (χ4v) is 2.79. The zero-order chi connectivity index (χ0) is 17.5. The largest absolute Gasteiger partial charge is 0.416 e. The van der Waals surface area contributed by atoms with Gasteiger partial charge in [0.15, 0.2) is 0 Å². The third kappa shape index (κ3) is 3.28. The summed E-state index contributed by atoms with van der Waals surface area (Å²) in [5.41, 5.74) is 7.29. The quantitative estimate of drug-likeness (QED) is 0.750. The summed E-state index contributed by atoms with van der Waals surface area (Å²) in [6.07, 6.45) is -4.43. The zero-order valence-electron chi connectivity index (χ0n) is 13.3. The number of fused-ring (bicyclic) bond motifs is 1. The number of hydrogen-bond donors (Lipinski definition) is 3. The van der Waals surface area contributed by atoms with Crippen molar-refractivity contribution in [2.24, 2.45) is 0 Å². The number of nitrogens with two attached hydrogens (primary N) is 1. The Hall–Kier alpha value is -2.35. The van der Waals surface area contributed by atoms with Crippen LogP contribution in [0.1, 0.15) is 41.2 Å². The third-order valence-electron chi connectivity index (χ3n) is 3.96. The highest BCUT2D eigenvalue weighted by molar-refractivity contribution is 5.52. The Balaban J connectivity index is 1.91. The number of nitrogens with zero attached hydrogens (tertiary/aromatic N) is 2. The summed E-state index contributed by atoms with van der Waals surface area (Å²) >= 11 is 0. The molecular weight excluding hydrogens is 319 g/mol. The van der Waals surface area contributed by atoms with Crippen LogP contribution in [0.15, 0.2) is 18.2 Å². The maximum Gasteiger partial charge on any atom is 0.416 e. The molecule has 128 valence electrons. The molecule has 1 aromatic heterocycles. The second-order valence-corrected chi connectivity index (χ2v) is 5.90. The number of benzene rings is 1. The molecule has 0 saturated heterocycles. The van der Waals surface area contributed by atoms with Crippen molar-refractivity contribution in [2.45, 2.75) is 39.2 Å². The fourth-order valence-electron chi connectivity index (χ4n) is 2.79. The van der Waals surface area contributed by atoms with E-state index in [0.29, 0.717) is 30.3 Å². The number of halogens is 3. The summed E-state index contributed by atoms with van der Waals surface area (Å²) in [6, 6.07) is 3.21. The highest BCUT2D eigenvalue weighted by Gasteiger charge is 2.31. The molecule has 1 aromatic carbocycles. The van der Waals surface area contributed by atoms with Crippen LogP contribution in [0, 0.1) is 6.92 Å². The Morgan fingerprint density at radius 3 is 2.67 bits per heavy atom. The normalized spacial score (nSPS) is 15.2. The minimum absolute atomic E-state index is 0.0826. The Morgan fingerprint density at radius 2 is 1.96 bits per heavy atom. The first-order chi connectivity index (χ1) is 11.2. The van der Waals surface area contributed by atoms with Crippen molar-refractivity contribution in [1.29, 1.82) is 0 Å². The van der Waals surface area contributed by atoms with Crippen molar-refractivity contribution in [1.82, 2.24) is 15.3 Å². The lowest BCUT2D eigenvalue weighted by atomic mass is 10.0. The number of rotatable bonds is 3. The molecule has 24 heavy (non-hydrogen) atoms. The highest BCUT2D eigenvalue weighted by Crippen LogP contribution is 2.33. The Morgan fingerprint density at radius 1 is 1.21 bits per heavy atom. The highest BCUT2D eigenvalue weighted by atomic mass is 19.4. The van der Waals surface area contributed by atoms with Crippen molar-refractivity contribution in [3.63, 3.8) is 0 Å². The molecule has 1 unspecified atom stereocenters. The number of aryl methyl sites for hydroxylation is 1. The molecule has 0 amide bonds. The molecule has 5 nitrogen and oxygen atoms in total. The average molecular weight is 337 g/mol. The molecule has 0 spiro atoms. The summed E-state index contributed by atoms with van der Waals surface area (Å²) in [7, 11) is 0. The molecule has 2 heterocycles. The predicted molar refractivity (Wildman–Crippen MR) is 85.2 cm³/mol. The van der Waals surface area contributed by atoms with Crippen LogP contribution in [-0.4, -0.2) is 9.97 Å².